The smallest absolute Gasteiger partial charge is 0.315 e. The molecule has 0 aliphatic rings. The Balaban J connectivity index is 0. The van der Waals surface area contributed by atoms with Crippen LogP contribution in [0.2, 0.25) is 0 Å². The molecule has 0 radical (unpaired) electrons. The van der Waals surface area contributed by atoms with Crippen LogP contribution < -0.4 is 5.73 Å². The van der Waals surface area contributed by atoms with Gasteiger partial charge in [-0.3, -0.25) is 0 Å². The molecule has 0 aromatic carbocycles. The molecule has 0 saturated heterocycles. The normalized spacial score (nSPS) is 11.6. The first kappa shape index (κ1) is 14.1. The lowest BCUT2D eigenvalue weighted by Crippen LogP contribution is -2.42. The lowest BCUT2D eigenvalue weighted by Gasteiger charge is -2.25. The zero-order valence-corrected chi connectivity index (χ0v) is 8.86. The van der Waals surface area contributed by atoms with E-state index in [2.05, 4.69) is 6.92 Å². The predicted molar refractivity (Wildman–Crippen MR) is 53.6 cm³/mol. The maximum atomic E-state index is 10.8. The number of rotatable bonds is 4. The highest BCUT2D eigenvalue weighted by atomic mass is 35.5. The molecule has 0 spiro atoms. The molecular formula is C8H19ClN2O. The zero-order chi connectivity index (χ0) is 8.85. The molecule has 0 saturated carbocycles. The summed E-state index contributed by atoms with van der Waals surface area (Å²) in [6, 6.07) is -0.0337. The van der Waals surface area contributed by atoms with Gasteiger partial charge >= 0.3 is 6.03 Å². The summed E-state index contributed by atoms with van der Waals surface area (Å²) >= 11 is 0. The van der Waals surface area contributed by atoms with Crippen LogP contribution in [0.25, 0.3) is 0 Å². The number of nitrogens with zero attached hydrogens (tertiary/aromatic N) is 1. The quantitative estimate of drug-likeness (QED) is 0.731. The van der Waals surface area contributed by atoms with E-state index in [0.29, 0.717) is 0 Å². The number of primary amides is 1. The number of carbonyl (C=O) groups is 1. The minimum Gasteiger partial charge on any atom is -0.351 e. The maximum absolute atomic E-state index is 10.8. The molecule has 0 rings (SSSR count). The van der Waals surface area contributed by atoms with Crippen molar-refractivity contribution in [1.29, 1.82) is 0 Å². The van der Waals surface area contributed by atoms with Crippen molar-refractivity contribution < 1.29 is 4.79 Å². The summed E-state index contributed by atoms with van der Waals surface area (Å²) in [7, 11) is 0. The van der Waals surface area contributed by atoms with Gasteiger partial charge in [0.25, 0.3) is 0 Å². The number of hydrogen-bond donors (Lipinski definition) is 1. The number of halogens is 1. The second-order valence-corrected chi connectivity index (χ2v) is 2.79. The third-order valence-electron chi connectivity index (χ3n) is 1.87. The van der Waals surface area contributed by atoms with Crippen molar-refractivity contribution in [1.82, 2.24) is 4.90 Å². The number of hydrogen-bond acceptors (Lipinski definition) is 1. The highest BCUT2D eigenvalue weighted by Crippen LogP contribution is 2.03. The van der Waals surface area contributed by atoms with Crippen molar-refractivity contribution in [2.45, 2.75) is 39.7 Å². The van der Waals surface area contributed by atoms with Gasteiger partial charge in [0.05, 0.1) is 0 Å². The Morgan fingerprint density at radius 1 is 1.50 bits per heavy atom. The van der Waals surface area contributed by atoms with Crippen LogP contribution in [0.1, 0.15) is 33.6 Å². The molecule has 12 heavy (non-hydrogen) atoms. The van der Waals surface area contributed by atoms with Crippen molar-refractivity contribution >= 4 is 18.4 Å². The van der Waals surface area contributed by atoms with E-state index in [0.717, 1.165) is 19.4 Å². The van der Waals surface area contributed by atoms with E-state index in [9.17, 15) is 4.79 Å². The molecule has 2 N–H and O–H groups in total. The summed E-state index contributed by atoms with van der Waals surface area (Å²) in [5, 5.41) is 0. The van der Waals surface area contributed by atoms with E-state index in [-0.39, 0.29) is 24.5 Å². The third-order valence-corrected chi connectivity index (χ3v) is 1.87. The second-order valence-electron chi connectivity index (χ2n) is 2.79. The Morgan fingerprint density at radius 2 is 2.00 bits per heavy atom. The molecule has 1 unspecified atom stereocenters. The van der Waals surface area contributed by atoms with Gasteiger partial charge < -0.3 is 10.6 Å². The van der Waals surface area contributed by atoms with Gasteiger partial charge in [0.2, 0.25) is 0 Å². The maximum Gasteiger partial charge on any atom is 0.315 e. The molecule has 74 valence electrons. The summed E-state index contributed by atoms with van der Waals surface area (Å²) < 4.78 is 0. The fraction of sp³-hybridized carbons (Fsp3) is 0.875. The largest absolute Gasteiger partial charge is 0.351 e. The zero-order valence-electron chi connectivity index (χ0n) is 8.04. The van der Waals surface area contributed by atoms with Gasteiger partial charge in [-0.05, 0) is 19.8 Å². The standard InChI is InChI=1S/C8H18N2O.ClH/c1-4-6-10(8(9)11)7(3)5-2;/h7H,4-6H2,1-3H3,(H2,9,11);1H. The minimum atomic E-state index is -0.304. The molecule has 0 aliphatic carbocycles. The summed E-state index contributed by atoms with van der Waals surface area (Å²) in [6.07, 6.45) is 1.93. The number of nitrogens with two attached hydrogens (primary N) is 1. The van der Waals surface area contributed by atoms with Crippen LogP contribution >= 0.6 is 12.4 Å². The first-order valence-electron chi connectivity index (χ1n) is 4.19. The van der Waals surface area contributed by atoms with Crippen LogP contribution in [0, 0.1) is 0 Å². The highest BCUT2D eigenvalue weighted by Gasteiger charge is 2.13. The van der Waals surface area contributed by atoms with Crippen LogP contribution in [-0.4, -0.2) is 23.5 Å². The van der Waals surface area contributed by atoms with Crippen LogP contribution in [0.5, 0.6) is 0 Å². The van der Waals surface area contributed by atoms with Crippen LogP contribution in [-0.2, 0) is 0 Å². The van der Waals surface area contributed by atoms with Crippen molar-refractivity contribution in [3.63, 3.8) is 0 Å². The number of carbonyl (C=O) groups excluding carboxylic acids is 1. The van der Waals surface area contributed by atoms with E-state index in [4.69, 9.17) is 5.73 Å². The molecule has 0 aromatic rings. The van der Waals surface area contributed by atoms with Gasteiger partial charge in [-0.2, -0.15) is 0 Å². The fourth-order valence-electron chi connectivity index (χ4n) is 1.01. The van der Waals surface area contributed by atoms with Crippen molar-refractivity contribution in [3.05, 3.63) is 0 Å². The van der Waals surface area contributed by atoms with Crippen molar-refractivity contribution in [3.8, 4) is 0 Å². The van der Waals surface area contributed by atoms with Crippen molar-refractivity contribution in [2.24, 2.45) is 5.73 Å². The molecule has 0 fully saturated rings. The molecule has 3 nitrogen and oxygen atoms in total. The predicted octanol–water partition coefficient (Wildman–Crippen LogP) is 2.00. The SMILES string of the molecule is CCCN(C(N)=O)C(C)CC.Cl. The van der Waals surface area contributed by atoms with Crippen LogP contribution in [0.15, 0.2) is 0 Å². The Kier molecular flexibility index (Phi) is 8.49. The molecule has 0 bridgehead atoms. The van der Waals surface area contributed by atoms with E-state index >= 15 is 0 Å². The number of urea groups is 1. The van der Waals surface area contributed by atoms with Crippen molar-refractivity contribution in [2.75, 3.05) is 6.54 Å². The fourth-order valence-corrected chi connectivity index (χ4v) is 1.01. The van der Waals surface area contributed by atoms with Gasteiger partial charge in [-0.15, -0.1) is 12.4 Å². The summed E-state index contributed by atoms with van der Waals surface area (Å²) in [6.45, 7) is 6.87. The molecule has 4 heteroatoms. The van der Waals surface area contributed by atoms with Crippen LogP contribution in [0.3, 0.4) is 0 Å². The average molecular weight is 195 g/mol. The molecule has 0 aromatic heterocycles. The van der Waals surface area contributed by atoms with Gasteiger partial charge in [-0.25, -0.2) is 4.79 Å². The summed E-state index contributed by atoms with van der Waals surface area (Å²) in [4.78, 5) is 12.5. The summed E-state index contributed by atoms with van der Waals surface area (Å²) in [5.41, 5.74) is 5.19. The van der Waals surface area contributed by atoms with E-state index < -0.39 is 0 Å². The summed E-state index contributed by atoms with van der Waals surface area (Å²) in [5.74, 6) is 0. The van der Waals surface area contributed by atoms with Gasteiger partial charge in [0.15, 0.2) is 0 Å². The molecule has 0 heterocycles. The highest BCUT2D eigenvalue weighted by molar-refractivity contribution is 5.85. The van der Waals surface area contributed by atoms with Gasteiger partial charge in [0.1, 0.15) is 0 Å². The van der Waals surface area contributed by atoms with E-state index in [1.54, 1.807) is 4.90 Å². The van der Waals surface area contributed by atoms with Gasteiger partial charge in [-0.1, -0.05) is 13.8 Å². The Hall–Kier alpha value is -0.440. The molecule has 0 aliphatic heterocycles. The average Bonchev–Trinajstić information content (AvgIpc) is 1.98. The monoisotopic (exact) mass is 194 g/mol. The van der Waals surface area contributed by atoms with E-state index in [1.165, 1.54) is 0 Å². The first-order chi connectivity index (χ1) is 5.13. The van der Waals surface area contributed by atoms with Gasteiger partial charge in [0, 0.05) is 12.6 Å². The Morgan fingerprint density at radius 3 is 2.25 bits per heavy atom. The molecule has 1 atom stereocenters. The lowest BCUT2D eigenvalue weighted by atomic mass is 10.2. The Labute approximate surface area is 80.7 Å². The molecule has 2 amide bonds. The number of amides is 2. The lowest BCUT2D eigenvalue weighted by molar-refractivity contribution is 0.186. The first-order valence-corrected chi connectivity index (χ1v) is 4.19. The molecular weight excluding hydrogens is 176 g/mol. The minimum absolute atomic E-state index is 0. The van der Waals surface area contributed by atoms with Crippen LogP contribution in [0.4, 0.5) is 4.79 Å². The van der Waals surface area contributed by atoms with E-state index in [1.807, 2.05) is 13.8 Å². The topological polar surface area (TPSA) is 46.3 Å². The second kappa shape index (κ2) is 7.22. The Bertz CT molecular complexity index is 130. The third kappa shape index (κ3) is 4.44.